The Morgan fingerprint density at radius 1 is 1.35 bits per heavy atom. The summed E-state index contributed by atoms with van der Waals surface area (Å²) in [7, 11) is 0. The number of hydrogen-bond donors (Lipinski definition) is 2. The molecular formula is C16H17Cl2N5O2S. The van der Waals surface area contributed by atoms with Crippen LogP contribution in [0, 0.1) is 0 Å². The van der Waals surface area contributed by atoms with Crippen LogP contribution in [0.3, 0.4) is 0 Å². The third-order valence-corrected chi connectivity index (χ3v) is 4.64. The highest BCUT2D eigenvalue weighted by molar-refractivity contribution is 7.99. The molecule has 0 aliphatic rings. The van der Waals surface area contributed by atoms with Crippen molar-refractivity contribution in [3.05, 3.63) is 40.9 Å². The summed E-state index contributed by atoms with van der Waals surface area (Å²) >= 11 is 13.3. The average Bonchev–Trinajstić information content (AvgIpc) is 2.96. The molecule has 0 unspecified atom stereocenters. The summed E-state index contributed by atoms with van der Waals surface area (Å²) in [4.78, 5) is 23.2. The fourth-order valence-electron chi connectivity index (χ4n) is 2.06. The smallest absolute Gasteiger partial charge is 0.321 e. The molecule has 10 heteroatoms. The van der Waals surface area contributed by atoms with Gasteiger partial charge < -0.3 is 5.32 Å². The van der Waals surface area contributed by atoms with Gasteiger partial charge in [0, 0.05) is 23.7 Å². The number of aromatic nitrogens is 3. The van der Waals surface area contributed by atoms with Crippen molar-refractivity contribution < 1.29 is 9.59 Å². The van der Waals surface area contributed by atoms with Gasteiger partial charge in [-0.2, -0.15) is 0 Å². The molecule has 0 radical (unpaired) electrons. The fourth-order valence-corrected chi connectivity index (χ4v) is 3.30. The SMILES string of the molecule is C=CCn1c(SCC(=O)NC(=O)NCC)nnc1-c1ccc(Cl)cc1Cl. The number of imide groups is 1. The molecule has 0 fully saturated rings. The number of thioether (sulfide) groups is 1. The maximum absolute atomic E-state index is 11.8. The Labute approximate surface area is 165 Å². The standard InChI is InChI=1S/C16H17Cl2N5O2S/c1-3-7-23-14(11-6-5-10(17)8-12(11)18)21-22-16(23)26-9-13(24)20-15(25)19-4-2/h3,5-6,8H,1,4,7,9H2,2H3,(H2,19,20,24,25). The minimum absolute atomic E-state index is 0.0146. The summed E-state index contributed by atoms with van der Waals surface area (Å²) in [5.41, 5.74) is 0.670. The van der Waals surface area contributed by atoms with Gasteiger partial charge in [-0.05, 0) is 25.1 Å². The zero-order valence-electron chi connectivity index (χ0n) is 14.0. The van der Waals surface area contributed by atoms with Crippen LogP contribution in [0.25, 0.3) is 11.4 Å². The lowest BCUT2D eigenvalue weighted by Crippen LogP contribution is -2.40. The Bertz CT molecular complexity index is 825. The zero-order chi connectivity index (χ0) is 19.1. The van der Waals surface area contributed by atoms with E-state index in [0.29, 0.717) is 39.7 Å². The number of nitrogens with one attached hydrogen (secondary N) is 2. The highest BCUT2D eigenvalue weighted by Gasteiger charge is 2.17. The summed E-state index contributed by atoms with van der Waals surface area (Å²) in [5.74, 6) is 0.124. The molecule has 7 nitrogen and oxygen atoms in total. The molecule has 2 N–H and O–H groups in total. The average molecular weight is 414 g/mol. The van der Waals surface area contributed by atoms with Crippen molar-refractivity contribution in [3.63, 3.8) is 0 Å². The maximum Gasteiger partial charge on any atom is 0.321 e. The Morgan fingerprint density at radius 3 is 2.77 bits per heavy atom. The number of amides is 3. The second kappa shape index (κ2) is 9.61. The third-order valence-electron chi connectivity index (χ3n) is 3.12. The maximum atomic E-state index is 11.8. The number of urea groups is 1. The first kappa shape index (κ1) is 20.3. The summed E-state index contributed by atoms with van der Waals surface area (Å²) in [6, 6.07) is 4.56. The fraction of sp³-hybridized carbons (Fsp3) is 0.250. The van der Waals surface area contributed by atoms with Gasteiger partial charge in [0.05, 0.1) is 10.8 Å². The van der Waals surface area contributed by atoms with Gasteiger partial charge >= 0.3 is 6.03 Å². The quantitative estimate of drug-likeness (QED) is 0.536. The van der Waals surface area contributed by atoms with Crippen LogP contribution in [0.1, 0.15) is 6.92 Å². The van der Waals surface area contributed by atoms with Crippen molar-refractivity contribution in [1.29, 1.82) is 0 Å². The molecule has 0 atom stereocenters. The van der Waals surface area contributed by atoms with E-state index in [9.17, 15) is 9.59 Å². The molecule has 0 bridgehead atoms. The van der Waals surface area contributed by atoms with Gasteiger partial charge in [-0.3, -0.25) is 14.7 Å². The highest BCUT2D eigenvalue weighted by Crippen LogP contribution is 2.31. The van der Waals surface area contributed by atoms with Crippen LogP contribution in [0.15, 0.2) is 36.0 Å². The Hall–Kier alpha value is -2.03. The molecule has 138 valence electrons. The van der Waals surface area contributed by atoms with Crippen LogP contribution >= 0.6 is 35.0 Å². The molecule has 0 saturated heterocycles. The highest BCUT2D eigenvalue weighted by atomic mass is 35.5. The number of carbonyl (C=O) groups is 2. The summed E-state index contributed by atoms with van der Waals surface area (Å²) in [6.07, 6.45) is 1.69. The van der Waals surface area contributed by atoms with Crippen LogP contribution in [-0.2, 0) is 11.3 Å². The summed E-state index contributed by atoms with van der Waals surface area (Å²) in [5, 5.41) is 14.5. The van der Waals surface area contributed by atoms with E-state index in [0.717, 1.165) is 11.8 Å². The molecular weight excluding hydrogens is 397 g/mol. The van der Waals surface area contributed by atoms with Crippen LogP contribution in [-0.4, -0.2) is 39.0 Å². The first-order valence-electron chi connectivity index (χ1n) is 7.66. The van der Waals surface area contributed by atoms with Crippen LogP contribution in [0.2, 0.25) is 10.0 Å². The monoisotopic (exact) mass is 413 g/mol. The van der Waals surface area contributed by atoms with Crippen molar-refractivity contribution in [2.45, 2.75) is 18.6 Å². The van der Waals surface area contributed by atoms with Gasteiger partial charge in [0.1, 0.15) is 0 Å². The van der Waals surface area contributed by atoms with E-state index < -0.39 is 11.9 Å². The molecule has 1 heterocycles. The molecule has 0 spiro atoms. The first-order valence-corrected chi connectivity index (χ1v) is 9.40. The molecule has 0 aliphatic carbocycles. The number of benzene rings is 1. The van der Waals surface area contributed by atoms with Crippen LogP contribution in [0.4, 0.5) is 4.79 Å². The van der Waals surface area contributed by atoms with Crippen molar-refractivity contribution in [1.82, 2.24) is 25.4 Å². The van der Waals surface area contributed by atoms with Gasteiger partial charge in [0.15, 0.2) is 11.0 Å². The van der Waals surface area contributed by atoms with E-state index >= 15 is 0 Å². The van der Waals surface area contributed by atoms with E-state index in [1.807, 2.05) is 0 Å². The minimum Gasteiger partial charge on any atom is -0.338 e. The summed E-state index contributed by atoms with van der Waals surface area (Å²) < 4.78 is 1.78. The molecule has 2 rings (SSSR count). The van der Waals surface area contributed by atoms with Crippen LogP contribution < -0.4 is 10.6 Å². The number of nitrogens with zero attached hydrogens (tertiary/aromatic N) is 3. The molecule has 0 saturated carbocycles. The van der Waals surface area contributed by atoms with Gasteiger partial charge in [-0.1, -0.05) is 41.0 Å². The molecule has 26 heavy (non-hydrogen) atoms. The van der Waals surface area contributed by atoms with Gasteiger partial charge in [0.25, 0.3) is 0 Å². The number of rotatable bonds is 7. The van der Waals surface area contributed by atoms with E-state index in [1.165, 1.54) is 0 Å². The number of hydrogen-bond acceptors (Lipinski definition) is 5. The van der Waals surface area contributed by atoms with E-state index in [2.05, 4.69) is 27.4 Å². The van der Waals surface area contributed by atoms with Crippen molar-refractivity contribution in [2.24, 2.45) is 0 Å². The van der Waals surface area contributed by atoms with Crippen molar-refractivity contribution in [2.75, 3.05) is 12.3 Å². The van der Waals surface area contributed by atoms with Crippen molar-refractivity contribution in [3.8, 4) is 11.4 Å². The van der Waals surface area contributed by atoms with Gasteiger partial charge in [-0.15, -0.1) is 16.8 Å². The first-order chi connectivity index (χ1) is 12.5. The normalized spacial score (nSPS) is 10.4. The lowest BCUT2D eigenvalue weighted by Gasteiger charge is -2.09. The second-order valence-electron chi connectivity index (χ2n) is 5.03. The summed E-state index contributed by atoms with van der Waals surface area (Å²) in [6.45, 7) is 6.36. The number of allylic oxidation sites excluding steroid dienone is 1. The van der Waals surface area contributed by atoms with Gasteiger partial charge in [0.2, 0.25) is 5.91 Å². The van der Waals surface area contributed by atoms with Crippen LogP contribution in [0.5, 0.6) is 0 Å². The molecule has 3 amide bonds. The predicted molar refractivity (Wildman–Crippen MR) is 104 cm³/mol. The molecule has 1 aromatic carbocycles. The molecule has 1 aromatic heterocycles. The van der Waals surface area contributed by atoms with E-state index in [1.54, 1.807) is 35.8 Å². The van der Waals surface area contributed by atoms with E-state index in [-0.39, 0.29) is 5.75 Å². The minimum atomic E-state index is -0.528. The second-order valence-corrected chi connectivity index (χ2v) is 6.81. The topological polar surface area (TPSA) is 88.9 Å². The van der Waals surface area contributed by atoms with Crippen molar-refractivity contribution >= 4 is 46.9 Å². The Morgan fingerprint density at radius 2 is 2.12 bits per heavy atom. The predicted octanol–water partition coefficient (Wildman–Crippen LogP) is 3.38. The van der Waals surface area contributed by atoms with Gasteiger partial charge in [-0.25, -0.2) is 4.79 Å². The molecule has 0 aliphatic heterocycles. The lowest BCUT2D eigenvalue weighted by molar-refractivity contribution is -0.117. The Balaban J connectivity index is 2.17. The number of halogens is 2. The Kier molecular flexibility index (Phi) is 7.50. The van der Waals surface area contributed by atoms with E-state index in [4.69, 9.17) is 23.2 Å². The number of carbonyl (C=O) groups excluding carboxylic acids is 2. The largest absolute Gasteiger partial charge is 0.338 e. The lowest BCUT2D eigenvalue weighted by atomic mass is 10.2. The molecule has 2 aromatic rings. The zero-order valence-corrected chi connectivity index (χ0v) is 16.3. The third kappa shape index (κ3) is 5.23.